The third-order valence-electron chi connectivity index (χ3n) is 1.38. The standard InChI is InChI=1S/C7H5FN2.ClH/c8-6-2-1-3-7-9-4-5-10(6)7;/h1-5H;1H. The summed E-state index contributed by atoms with van der Waals surface area (Å²) in [4.78, 5) is 3.90. The molecule has 0 radical (unpaired) electrons. The van der Waals surface area contributed by atoms with Crippen LogP contribution in [0.4, 0.5) is 4.39 Å². The molecule has 2 nitrogen and oxygen atoms in total. The number of fused-ring (bicyclic) bond motifs is 1. The highest BCUT2D eigenvalue weighted by atomic mass is 35.5. The lowest BCUT2D eigenvalue weighted by atomic mass is 10.5. The van der Waals surface area contributed by atoms with Crippen LogP contribution in [0, 0.1) is 5.95 Å². The monoisotopic (exact) mass is 172 g/mol. The van der Waals surface area contributed by atoms with Crippen molar-refractivity contribution in [3.8, 4) is 0 Å². The molecule has 0 aliphatic rings. The minimum atomic E-state index is -0.282. The lowest BCUT2D eigenvalue weighted by molar-refractivity contribution is 0.568. The Hall–Kier alpha value is -1.09. The predicted octanol–water partition coefficient (Wildman–Crippen LogP) is 1.90. The molecule has 0 atom stereocenters. The lowest BCUT2D eigenvalue weighted by Crippen LogP contribution is -1.88. The zero-order valence-corrected chi connectivity index (χ0v) is 6.38. The van der Waals surface area contributed by atoms with E-state index in [0.29, 0.717) is 5.65 Å². The number of aromatic nitrogens is 2. The van der Waals surface area contributed by atoms with Crippen molar-refractivity contribution >= 4 is 18.1 Å². The summed E-state index contributed by atoms with van der Waals surface area (Å²) < 4.78 is 14.1. The predicted molar refractivity (Wildman–Crippen MR) is 42.4 cm³/mol. The molecule has 2 heterocycles. The van der Waals surface area contributed by atoms with E-state index in [0.717, 1.165) is 0 Å². The summed E-state index contributed by atoms with van der Waals surface area (Å²) in [6, 6.07) is 4.79. The SMILES string of the molecule is Cl.Fc1cccc2nccn12. The Labute approximate surface area is 69.1 Å². The highest BCUT2D eigenvalue weighted by Crippen LogP contribution is 2.02. The summed E-state index contributed by atoms with van der Waals surface area (Å²) in [5.74, 6) is -0.282. The first kappa shape index (κ1) is 8.01. The first-order valence-corrected chi connectivity index (χ1v) is 2.95. The number of halogens is 2. The second kappa shape index (κ2) is 2.88. The minimum absolute atomic E-state index is 0. The van der Waals surface area contributed by atoms with Gasteiger partial charge in [0.2, 0.25) is 0 Å². The molecule has 0 aromatic carbocycles. The van der Waals surface area contributed by atoms with Crippen molar-refractivity contribution in [2.75, 3.05) is 0 Å². The van der Waals surface area contributed by atoms with E-state index in [1.807, 2.05) is 0 Å². The van der Waals surface area contributed by atoms with Crippen LogP contribution >= 0.6 is 12.4 Å². The summed E-state index contributed by atoms with van der Waals surface area (Å²) in [6.07, 6.45) is 3.16. The van der Waals surface area contributed by atoms with Gasteiger partial charge < -0.3 is 0 Å². The summed E-state index contributed by atoms with van der Waals surface area (Å²) in [5.41, 5.74) is 0.639. The van der Waals surface area contributed by atoms with Crippen LogP contribution in [0.2, 0.25) is 0 Å². The fourth-order valence-corrected chi connectivity index (χ4v) is 0.913. The second-order valence-electron chi connectivity index (χ2n) is 2.00. The highest BCUT2D eigenvalue weighted by Gasteiger charge is 1.95. The van der Waals surface area contributed by atoms with Crippen molar-refractivity contribution in [3.63, 3.8) is 0 Å². The van der Waals surface area contributed by atoms with Crippen molar-refractivity contribution in [2.45, 2.75) is 0 Å². The van der Waals surface area contributed by atoms with E-state index in [9.17, 15) is 4.39 Å². The Morgan fingerprint density at radius 2 is 2.18 bits per heavy atom. The first-order valence-electron chi connectivity index (χ1n) is 2.95. The van der Waals surface area contributed by atoms with Crippen LogP contribution in [0.5, 0.6) is 0 Å². The number of imidazole rings is 1. The van der Waals surface area contributed by atoms with Crippen LogP contribution in [0.1, 0.15) is 0 Å². The molecule has 0 spiro atoms. The fraction of sp³-hybridized carbons (Fsp3) is 0. The highest BCUT2D eigenvalue weighted by molar-refractivity contribution is 5.85. The molecule has 0 saturated heterocycles. The van der Waals surface area contributed by atoms with Crippen LogP contribution in [0.15, 0.2) is 30.6 Å². The molecule has 2 aromatic rings. The van der Waals surface area contributed by atoms with Crippen molar-refractivity contribution in [1.82, 2.24) is 9.38 Å². The molecular formula is C7H6ClFN2. The summed E-state index contributed by atoms with van der Waals surface area (Å²) in [6.45, 7) is 0. The van der Waals surface area contributed by atoms with E-state index in [4.69, 9.17) is 0 Å². The Balaban J connectivity index is 0.000000605. The normalized spacial score (nSPS) is 9.55. The van der Waals surface area contributed by atoms with E-state index in [-0.39, 0.29) is 18.4 Å². The number of hydrogen-bond donors (Lipinski definition) is 0. The van der Waals surface area contributed by atoms with Gasteiger partial charge in [0.1, 0.15) is 5.65 Å². The summed E-state index contributed by atoms with van der Waals surface area (Å²) in [5, 5.41) is 0. The molecular weight excluding hydrogens is 167 g/mol. The maximum Gasteiger partial charge on any atom is 0.199 e. The van der Waals surface area contributed by atoms with E-state index in [2.05, 4.69) is 4.98 Å². The van der Waals surface area contributed by atoms with Gasteiger partial charge in [0, 0.05) is 12.4 Å². The molecule has 0 aliphatic carbocycles. The van der Waals surface area contributed by atoms with Crippen molar-refractivity contribution in [3.05, 3.63) is 36.5 Å². The molecule has 4 heteroatoms. The van der Waals surface area contributed by atoms with Crippen LogP contribution in [0.25, 0.3) is 5.65 Å². The molecule has 0 saturated carbocycles. The second-order valence-corrected chi connectivity index (χ2v) is 2.00. The first-order chi connectivity index (χ1) is 4.88. The lowest BCUT2D eigenvalue weighted by Gasteiger charge is -1.91. The topological polar surface area (TPSA) is 17.3 Å². The largest absolute Gasteiger partial charge is 0.276 e. The van der Waals surface area contributed by atoms with Gasteiger partial charge >= 0.3 is 0 Å². The van der Waals surface area contributed by atoms with Crippen LogP contribution < -0.4 is 0 Å². The van der Waals surface area contributed by atoms with Crippen LogP contribution in [-0.4, -0.2) is 9.38 Å². The maximum absolute atomic E-state index is 12.7. The van der Waals surface area contributed by atoms with Gasteiger partial charge in [0.25, 0.3) is 0 Å². The van der Waals surface area contributed by atoms with E-state index >= 15 is 0 Å². The number of nitrogens with zero attached hydrogens (tertiary/aromatic N) is 2. The smallest absolute Gasteiger partial charge is 0.199 e. The molecule has 0 unspecified atom stereocenters. The Kier molecular flexibility index (Phi) is 2.10. The van der Waals surface area contributed by atoms with Gasteiger partial charge in [-0.2, -0.15) is 4.39 Å². The van der Waals surface area contributed by atoms with Gasteiger partial charge in [-0.05, 0) is 12.1 Å². The number of hydrogen-bond acceptors (Lipinski definition) is 1. The van der Waals surface area contributed by atoms with E-state index in [1.54, 1.807) is 24.5 Å². The molecule has 0 aliphatic heterocycles. The van der Waals surface area contributed by atoms with Crippen molar-refractivity contribution < 1.29 is 4.39 Å². The van der Waals surface area contributed by atoms with Gasteiger partial charge in [-0.25, -0.2) is 4.98 Å². The molecule has 58 valence electrons. The van der Waals surface area contributed by atoms with E-state index < -0.39 is 0 Å². The average molecular weight is 173 g/mol. The summed E-state index contributed by atoms with van der Waals surface area (Å²) >= 11 is 0. The molecule has 0 N–H and O–H groups in total. The molecule has 0 bridgehead atoms. The third-order valence-corrected chi connectivity index (χ3v) is 1.38. The third kappa shape index (κ3) is 1.19. The Morgan fingerprint density at radius 1 is 1.36 bits per heavy atom. The number of rotatable bonds is 0. The van der Waals surface area contributed by atoms with Crippen LogP contribution in [-0.2, 0) is 0 Å². The van der Waals surface area contributed by atoms with Crippen molar-refractivity contribution in [2.24, 2.45) is 0 Å². The zero-order valence-electron chi connectivity index (χ0n) is 5.57. The zero-order chi connectivity index (χ0) is 6.97. The van der Waals surface area contributed by atoms with Gasteiger partial charge in [0.05, 0.1) is 0 Å². The quantitative estimate of drug-likeness (QED) is 0.555. The van der Waals surface area contributed by atoms with Crippen molar-refractivity contribution in [1.29, 1.82) is 0 Å². The molecule has 0 amide bonds. The van der Waals surface area contributed by atoms with Gasteiger partial charge in [0.15, 0.2) is 5.95 Å². The minimum Gasteiger partial charge on any atom is -0.276 e. The number of pyridine rings is 1. The Morgan fingerprint density at radius 3 is 2.91 bits per heavy atom. The van der Waals surface area contributed by atoms with E-state index in [1.165, 1.54) is 10.5 Å². The van der Waals surface area contributed by atoms with Crippen LogP contribution in [0.3, 0.4) is 0 Å². The Bertz CT molecular complexity index is 358. The average Bonchev–Trinajstić information content (AvgIpc) is 2.36. The molecule has 0 fully saturated rings. The van der Waals surface area contributed by atoms with Gasteiger partial charge in [-0.1, -0.05) is 6.07 Å². The molecule has 2 rings (SSSR count). The molecule has 2 aromatic heterocycles. The molecule has 11 heavy (non-hydrogen) atoms. The maximum atomic E-state index is 12.7. The fourth-order valence-electron chi connectivity index (χ4n) is 0.913. The van der Waals surface area contributed by atoms with Gasteiger partial charge in [-0.15, -0.1) is 12.4 Å². The van der Waals surface area contributed by atoms with Gasteiger partial charge in [-0.3, -0.25) is 4.40 Å². The summed E-state index contributed by atoms with van der Waals surface area (Å²) in [7, 11) is 0.